The number of piperidine rings is 1. The smallest absolute Gasteiger partial charge is 0.0718 e. The van der Waals surface area contributed by atoms with Crippen LogP contribution in [0.3, 0.4) is 0 Å². The maximum atomic E-state index is 9.89. The maximum Gasteiger partial charge on any atom is 0.0718 e. The topological polar surface area (TPSA) is 35.5 Å². The first-order valence-corrected chi connectivity index (χ1v) is 6.20. The maximum absolute atomic E-state index is 9.89. The van der Waals surface area contributed by atoms with Crippen molar-refractivity contribution < 1.29 is 5.11 Å². The van der Waals surface area contributed by atoms with E-state index in [2.05, 4.69) is 17.1 Å². The number of aliphatic hydroxyl groups is 1. The van der Waals surface area contributed by atoms with E-state index in [1.165, 1.54) is 19.3 Å². The Bertz CT molecular complexity index is 171. The lowest BCUT2D eigenvalue weighted by Crippen LogP contribution is -2.48. The number of hydrogen-bond acceptors (Lipinski definition) is 3. The summed E-state index contributed by atoms with van der Waals surface area (Å²) in [5.74, 6) is 0. The predicted octanol–water partition coefficient (Wildman–Crippen LogP) is 1.22. The number of hydrogen-bond donors (Lipinski definition) is 2. The molecule has 0 spiro atoms. The summed E-state index contributed by atoms with van der Waals surface area (Å²) in [6.45, 7) is 10.2. The number of nitrogens with one attached hydrogen (secondary N) is 1. The summed E-state index contributed by atoms with van der Waals surface area (Å²) >= 11 is 0. The lowest BCUT2D eigenvalue weighted by molar-refractivity contribution is 0.0151. The molecule has 1 saturated heterocycles. The van der Waals surface area contributed by atoms with Crippen molar-refractivity contribution in [2.45, 2.75) is 51.7 Å². The van der Waals surface area contributed by atoms with E-state index in [0.717, 1.165) is 26.2 Å². The van der Waals surface area contributed by atoms with E-state index in [-0.39, 0.29) is 0 Å². The fraction of sp³-hybridized carbons (Fsp3) is 1.00. The van der Waals surface area contributed by atoms with Crippen LogP contribution in [0, 0.1) is 0 Å². The molecular weight excluding hydrogens is 188 g/mol. The van der Waals surface area contributed by atoms with Crippen LogP contribution in [0.15, 0.2) is 0 Å². The van der Waals surface area contributed by atoms with Gasteiger partial charge in [-0.2, -0.15) is 0 Å². The molecule has 1 rings (SSSR count). The van der Waals surface area contributed by atoms with Gasteiger partial charge in [0.05, 0.1) is 5.60 Å². The molecule has 0 aromatic carbocycles. The predicted molar refractivity (Wildman–Crippen MR) is 64.1 cm³/mol. The van der Waals surface area contributed by atoms with Gasteiger partial charge in [0.15, 0.2) is 0 Å². The highest BCUT2D eigenvalue weighted by molar-refractivity contribution is 4.81. The van der Waals surface area contributed by atoms with Crippen LogP contribution in [0.4, 0.5) is 0 Å². The van der Waals surface area contributed by atoms with E-state index in [9.17, 15) is 5.11 Å². The molecule has 90 valence electrons. The fourth-order valence-corrected chi connectivity index (χ4v) is 2.35. The van der Waals surface area contributed by atoms with E-state index in [0.29, 0.717) is 6.04 Å². The quantitative estimate of drug-likeness (QED) is 0.722. The third-order valence-corrected chi connectivity index (χ3v) is 2.93. The van der Waals surface area contributed by atoms with E-state index in [1.54, 1.807) is 0 Å². The van der Waals surface area contributed by atoms with Crippen molar-refractivity contribution in [2.24, 2.45) is 0 Å². The van der Waals surface area contributed by atoms with Crippen LogP contribution in [-0.4, -0.2) is 47.8 Å². The van der Waals surface area contributed by atoms with Gasteiger partial charge >= 0.3 is 0 Å². The van der Waals surface area contributed by atoms with Crippen molar-refractivity contribution in [2.75, 3.05) is 26.2 Å². The zero-order valence-corrected chi connectivity index (χ0v) is 10.4. The molecule has 0 aromatic rings. The van der Waals surface area contributed by atoms with Crippen molar-refractivity contribution in [3.63, 3.8) is 0 Å². The van der Waals surface area contributed by atoms with Gasteiger partial charge in [0.2, 0.25) is 0 Å². The Morgan fingerprint density at radius 3 is 2.40 bits per heavy atom. The first-order chi connectivity index (χ1) is 7.03. The zero-order valence-electron chi connectivity index (χ0n) is 10.4. The molecule has 1 fully saturated rings. The van der Waals surface area contributed by atoms with Gasteiger partial charge < -0.3 is 10.4 Å². The zero-order chi connectivity index (χ0) is 11.3. The van der Waals surface area contributed by atoms with Crippen LogP contribution in [0.2, 0.25) is 0 Å². The Hall–Kier alpha value is -0.120. The lowest BCUT2D eigenvalue weighted by atomic mass is 10.0. The van der Waals surface area contributed by atoms with Gasteiger partial charge in [-0.1, -0.05) is 6.92 Å². The molecule has 0 radical (unpaired) electrons. The van der Waals surface area contributed by atoms with Gasteiger partial charge in [0.25, 0.3) is 0 Å². The van der Waals surface area contributed by atoms with E-state index < -0.39 is 5.60 Å². The van der Waals surface area contributed by atoms with Crippen molar-refractivity contribution in [1.82, 2.24) is 10.2 Å². The van der Waals surface area contributed by atoms with Gasteiger partial charge in [-0.15, -0.1) is 0 Å². The SMILES string of the molecule is CCCN(CC(C)(C)O)C1CCNCC1. The van der Waals surface area contributed by atoms with Crippen molar-refractivity contribution in [3.8, 4) is 0 Å². The average Bonchev–Trinajstić information content (AvgIpc) is 2.17. The highest BCUT2D eigenvalue weighted by atomic mass is 16.3. The monoisotopic (exact) mass is 214 g/mol. The minimum absolute atomic E-state index is 0.569. The second-order valence-electron chi connectivity index (χ2n) is 5.26. The normalized spacial score (nSPS) is 19.8. The number of nitrogens with zero attached hydrogens (tertiary/aromatic N) is 1. The minimum atomic E-state index is -0.569. The summed E-state index contributed by atoms with van der Waals surface area (Å²) in [7, 11) is 0. The van der Waals surface area contributed by atoms with Gasteiger partial charge in [0, 0.05) is 12.6 Å². The van der Waals surface area contributed by atoms with E-state index >= 15 is 0 Å². The fourth-order valence-electron chi connectivity index (χ4n) is 2.35. The molecule has 0 aliphatic carbocycles. The molecule has 0 unspecified atom stereocenters. The van der Waals surface area contributed by atoms with Crippen LogP contribution in [-0.2, 0) is 0 Å². The van der Waals surface area contributed by atoms with Crippen molar-refractivity contribution >= 4 is 0 Å². The molecule has 3 nitrogen and oxygen atoms in total. The van der Waals surface area contributed by atoms with E-state index in [1.807, 2.05) is 13.8 Å². The summed E-state index contributed by atoms with van der Waals surface area (Å²) in [4.78, 5) is 2.46. The molecule has 1 heterocycles. The molecular formula is C12H26N2O. The Morgan fingerprint density at radius 1 is 1.33 bits per heavy atom. The molecule has 0 bridgehead atoms. The molecule has 15 heavy (non-hydrogen) atoms. The summed E-state index contributed by atoms with van der Waals surface area (Å²) in [5.41, 5.74) is -0.569. The van der Waals surface area contributed by atoms with Crippen molar-refractivity contribution in [3.05, 3.63) is 0 Å². The van der Waals surface area contributed by atoms with Crippen LogP contribution in [0.1, 0.15) is 40.0 Å². The summed E-state index contributed by atoms with van der Waals surface area (Å²) in [5, 5.41) is 13.3. The number of rotatable bonds is 5. The summed E-state index contributed by atoms with van der Waals surface area (Å²) in [6.07, 6.45) is 3.60. The second-order valence-corrected chi connectivity index (χ2v) is 5.26. The van der Waals surface area contributed by atoms with Crippen LogP contribution >= 0.6 is 0 Å². The van der Waals surface area contributed by atoms with Gasteiger partial charge in [-0.3, -0.25) is 4.90 Å². The van der Waals surface area contributed by atoms with E-state index in [4.69, 9.17) is 0 Å². The van der Waals surface area contributed by atoms with Gasteiger partial charge in [0.1, 0.15) is 0 Å². The summed E-state index contributed by atoms with van der Waals surface area (Å²) < 4.78 is 0. The minimum Gasteiger partial charge on any atom is -0.389 e. The Balaban J connectivity index is 2.47. The highest BCUT2D eigenvalue weighted by Crippen LogP contribution is 2.15. The first kappa shape index (κ1) is 12.9. The van der Waals surface area contributed by atoms with Crippen LogP contribution < -0.4 is 5.32 Å². The second kappa shape index (κ2) is 5.83. The highest BCUT2D eigenvalue weighted by Gasteiger charge is 2.25. The molecule has 0 amide bonds. The molecule has 3 heteroatoms. The molecule has 2 N–H and O–H groups in total. The summed E-state index contributed by atoms with van der Waals surface area (Å²) in [6, 6.07) is 0.664. The third-order valence-electron chi connectivity index (χ3n) is 2.93. The first-order valence-electron chi connectivity index (χ1n) is 6.20. The van der Waals surface area contributed by atoms with Crippen molar-refractivity contribution in [1.29, 1.82) is 0 Å². The molecule has 0 atom stereocenters. The van der Waals surface area contributed by atoms with Crippen LogP contribution in [0.5, 0.6) is 0 Å². The standard InChI is InChI=1S/C12H26N2O/c1-4-9-14(10-12(2,3)15)11-5-7-13-8-6-11/h11,13,15H,4-10H2,1-3H3. The molecule has 0 saturated carbocycles. The third kappa shape index (κ3) is 4.96. The van der Waals surface area contributed by atoms with Gasteiger partial charge in [-0.25, -0.2) is 0 Å². The lowest BCUT2D eigenvalue weighted by Gasteiger charge is -2.37. The van der Waals surface area contributed by atoms with Gasteiger partial charge in [-0.05, 0) is 52.7 Å². The van der Waals surface area contributed by atoms with Crippen LogP contribution in [0.25, 0.3) is 0 Å². The molecule has 1 aliphatic heterocycles. The average molecular weight is 214 g/mol. The Labute approximate surface area is 93.9 Å². The largest absolute Gasteiger partial charge is 0.389 e. The molecule has 1 aliphatic rings. The molecule has 0 aromatic heterocycles. The Morgan fingerprint density at radius 2 is 1.93 bits per heavy atom. The Kier molecular flexibility index (Phi) is 5.03.